The predicted octanol–water partition coefficient (Wildman–Crippen LogP) is 4.90. The molecule has 136 valence electrons. The average Bonchev–Trinajstić information content (AvgIpc) is 2.71. The van der Waals surface area contributed by atoms with Crippen LogP contribution in [0.5, 0.6) is 0 Å². The minimum Gasteiger partial charge on any atom is -0.440 e. The number of amides is 1. The molecule has 0 aromatic heterocycles. The first-order valence-corrected chi connectivity index (χ1v) is 9.34. The maximum Gasteiger partial charge on any atom is 0.411 e. The van der Waals surface area contributed by atoms with Crippen LogP contribution in [0.25, 0.3) is 0 Å². The topological polar surface area (TPSA) is 46.6 Å². The van der Waals surface area contributed by atoms with Gasteiger partial charge < -0.3 is 4.74 Å². The van der Waals surface area contributed by atoms with Crippen molar-refractivity contribution in [3.63, 3.8) is 0 Å². The van der Waals surface area contributed by atoms with Crippen molar-refractivity contribution in [1.29, 1.82) is 0 Å². The van der Waals surface area contributed by atoms with Gasteiger partial charge in [0.1, 0.15) is 11.3 Å². The van der Waals surface area contributed by atoms with Crippen LogP contribution < -0.4 is 0 Å². The Labute approximate surface area is 155 Å². The van der Waals surface area contributed by atoms with E-state index in [9.17, 15) is 14.0 Å². The molecule has 0 radical (unpaired) electrons. The third kappa shape index (κ3) is 3.21. The fourth-order valence-electron chi connectivity index (χ4n) is 3.84. The third-order valence-corrected chi connectivity index (χ3v) is 6.39. The van der Waals surface area contributed by atoms with Crippen molar-refractivity contribution in [3.8, 4) is 0 Å². The lowest BCUT2D eigenvalue weighted by molar-refractivity contribution is -0.0637. The largest absolute Gasteiger partial charge is 0.440 e. The number of alkyl halides is 1. The first-order valence-electron chi connectivity index (χ1n) is 8.55. The first kappa shape index (κ1) is 18.4. The Morgan fingerprint density at radius 3 is 2.28 bits per heavy atom. The molecule has 25 heavy (non-hydrogen) atoms. The molecule has 1 amide bonds. The summed E-state index contributed by atoms with van der Waals surface area (Å²) < 4.78 is 20.8. The molecule has 1 saturated heterocycles. The quantitative estimate of drug-likeness (QED) is 0.664. The van der Waals surface area contributed by atoms with Crippen LogP contribution in [-0.4, -0.2) is 40.1 Å². The van der Waals surface area contributed by atoms with Gasteiger partial charge in [0, 0.05) is 10.0 Å². The third-order valence-electron chi connectivity index (χ3n) is 5.86. The number of halogens is 2. The zero-order valence-electron chi connectivity index (χ0n) is 14.8. The fraction of sp³-hybridized carbons (Fsp3) is 0.579. The summed E-state index contributed by atoms with van der Waals surface area (Å²) in [6.07, 6.45) is 1.18. The van der Waals surface area contributed by atoms with Crippen LogP contribution in [0.3, 0.4) is 0 Å². The van der Waals surface area contributed by atoms with Gasteiger partial charge in [0.15, 0.2) is 5.78 Å². The Hall–Kier alpha value is -1.43. The van der Waals surface area contributed by atoms with Crippen LogP contribution in [0.1, 0.15) is 56.8 Å². The van der Waals surface area contributed by atoms with Gasteiger partial charge in [-0.05, 0) is 58.6 Å². The molecular weight excluding hydrogens is 389 g/mol. The van der Waals surface area contributed by atoms with Gasteiger partial charge in [-0.2, -0.15) is 0 Å². The van der Waals surface area contributed by atoms with Gasteiger partial charge in [-0.1, -0.05) is 28.1 Å². The van der Waals surface area contributed by atoms with Gasteiger partial charge in [0.25, 0.3) is 0 Å². The van der Waals surface area contributed by atoms with Crippen molar-refractivity contribution in [2.45, 2.75) is 63.3 Å². The van der Waals surface area contributed by atoms with Crippen molar-refractivity contribution in [2.75, 3.05) is 6.54 Å². The van der Waals surface area contributed by atoms with Crippen LogP contribution in [0, 0.1) is 0 Å². The number of benzene rings is 1. The van der Waals surface area contributed by atoms with Gasteiger partial charge >= 0.3 is 6.09 Å². The summed E-state index contributed by atoms with van der Waals surface area (Å²) in [5.74, 6) is -0.138. The van der Waals surface area contributed by atoms with Gasteiger partial charge in [-0.3, -0.25) is 9.69 Å². The van der Waals surface area contributed by atoms with E-state index in [1.165, 1.54) is 4.90 Å². The summed E-state index contributed by atoms with van der Waals surface area (Å²) in [4.78, 5) is 26.6. The molecule has 1 saturated carbocycles. The van der Waals surface area contributed by atoms with E-state index in [1.807, 2.05) is 13.8 Å². The van der Waals surface area contributed by atoms with Crippen LogP contribution in [0.4, 0.5) is 9.18 Å². The Morgan fingerprint density at radius 1 is 1.16 bits per heavy atom. The van der Waals surface area contributed by atoms with Crippen molar-refractivity contribution in [3.05, 3.63) is 34.3 Å². The molecular formula is C19H23BrFNO3. The maximum absolute atomic E-state index is 14.2. The Kier molecular flexibility index (Phi) is 4.46. The molecule has 2 fully saturated rings. The average molecular weight is 412 g/mol. The van der Waals surface area contributed by atoms with E-state index in [2.05, 4.69) is 15.9 Å². The molecule has 1 spiro atoms. The van der Waals surface area contributed by atoms with E-state index in [0.29, 0.717) is 31.2 Å². The molecule has 0 N–H and O–H groups in total. The molecule has 4 nitrogen and oxygen atoms in total. The molecule has 0 bridgehead atoms. The minimum atomic E-state index is -1.21. The first-order chi connectivity index (χ1) is 11.6. The van der Waals surface area contributed by atoms with E-state index in [1.54, 1.807) is 31.2 Å². The van der Waals surface area contributed by atoms with Crippen molar-refractivity contribution in [2.24, 2.45) is 0 Å². The molecule has 0 atom stereocenters. The highest BCUT2D eigenvalue weighted by molar-refractivity contribution is 9.10. The molecule has 1 aliphatic carbocycles. The van der Waals surface area contributed by atoms with Crippen LogP contribution in [0.15, 0.2) is 28.7 Å². The number of ether oxygens (including phenoxy) is 1. The number of ketones is 1. The van der Waals surface area contributed by atoms with Gasteiger partial charge in [0.05, 0.1) is 12.1 Å². The highest BCUT2D eigenvalue weighted by atomic mass is 79.9. The van der Waals surface area contributed by atoms with Crippen LogP contribution in [-0.2, 0) is 4.74 Å². The van der Waals surface area contributed by atoms with E-state index < -0.39 is 22.9 Å². The van der Waals surface area contributed by atoms with E-state index in [0.717, 1.165) is 4.47 Å². The summed E-state index contributed by atoms with van der Waals surface area (Å²) in [5.41, 5.74) is -2.05. The molecule has 3 rings (SSSR count). The number of hydrogen-bond donors (Lipinski definition) is 0. The number of carbonyl (C=O) groups is 2. The second kappa shape index (κ2) is 6.08. The summed E-state index contributed by atoms with van der Waals surface area (Å²) in [5, 5.41) is 0. The zero-order chi connectivity index (χ0) is 18.5. The normalized spacial score (nSPS) is 31.2. The smallest absolute Gasteiger partial charge is 0.411 e. The van der Waals surface area contributed by atoms with Gasteiger partial charge in [-0.25, -0.2) is 9.18 Å². The number of carbonyl (C=O) groups excluding carboxylic acids is 2. The van der Waals surface area contributed by atoms with Crippen LogP contribution in [0.2, 0.25) is 0 Å². The lowest BCUT2D eigenvalue weighted by Crippen LogP contribution is -2.57. The summed E-state index contributed by atoms with van der Waals surface area (Å²) in [6, 6.07) is 7.05. The molecule has 1 aliphatic heterocycles. The molecule has 1 aromatic carbocycles. The highest BCUT2D eigenvalue weighted by Crippen LogP contribution is 2.50. The molecule has 2 aliphatic rings. The summed E-state index contributed by atoms with van der Waals surface area (Å²) in [7, 11) is 0. The summed E-state index contributed by atoms with van der Waals surface area (Å²) >= 11 is 3.34. The van der Waals surface area contributed by atoms with Gasteiger partial charge in [-0.15, -0.1) is 0 Å². The molecule has 1 aromatic rings. The van der Waals surface area contributed by atoms with E-state index in [-0.39, 0.29) is 12.3 Å². The Balaban J connectivity index is 1.79. The number of rotatable bonds is 3. The Bertz CT molecular complexity index is 689. The van der Waals surface area contributed by atoms with Crippen molar-refractivity contribution >= 4 is 27.8 Å². The zero-order valence-corrected chi connectivity index (χ0v) is 16.4. The second-order valence-electron chi connectivity index (χ2n) is 7.85. The number of Topliss-reactive ketones (excluding diaryl/α,β-unsaturated/α-hetero) is 1. The molecule has 1 heterocycles. The van der Waals surface area contributed by atoms with E-state index >= 15 is 0 Å². The van der Waals surface area contributed by atoms with Crippen molar-refractivity contribution in [1.82, 2.24) is 4.90 Å². The van der Waals surface area contributed by atoms with E-state index in [4.69, 9.17) is 4.74 Å². The Morgan fingerprint density at radius 2 is 1.72 bits per heavy atom. The molecule has 0 unspecified atom stereocenters. The lowest BCUT2D eigenvalue weighted by Gasteiger charge is -2.46. The maximum atomic E-state index is 14.2. The monoisotopic (exact) mass is 411 g/mol. The number of nitrogens with zero attached hydrogens (tertiary/aromatic N) is 1. The number of hydrogen-bond acceptors (Lipinski definition) is 3. The van der Waals surface area contributed by atoms with Crippen LogP contribution >= 0.6 is 15.9 Å². The fourth-order valence-corrected chi connectivity index (χ4v) is 4.11. The SMILES string of the molecule is CC1(F)CCC2(CC1)OC(=O)N(CC(=O)c1ccc(Br)cc1)C2(C)C. The lowest BCUT2D eigenvalue weighted by atomic mass is 9.69. The highest BCUT2D eigenvalue weighted by Gasteiger charge is 2.61. The summed E-state index contributed by atoms with van der Waals surface area (Å²) in [6.45, 7) is 5.38. The molecule has 6 heteroatoms. The van der Waals surface area contributed by atoms with Gasteiger partial charge in [0.2, 0.25) is 0 Å². The standard InChI is InChI=1S/C19H23BrFNO3/c1-17(2)19(10-8-18(3,21)9-11-19)25-16(24)22(17)12-15(23)13-4-6-14(20)7-5-13/h4-7H,8-12H2,1-3H3. The van der Waals surface area contributed by atoms with Crippen molar-refractivity contribution < 1.29 is 18.7 Å². The minimum absolute atomic E-state index is 0.0396. The predicted molar refractivity (Wildman–Crippen MR) is 96.5 cm³/mol. The second-order valence-corrected chi connectivity index (χ2v) is 8.77.